The molecule has 4 heterocycles. The molecule has 31 heavy (non-hydrogen) atoms. The van der Waals surface area contributed by atoms with E-state index in [0.29, 0.717) is 36.2 Å². The van der Waals surface area contributed by atoms with Crippen molar-refractivity contribution in [1.29, 1.82) is 0 Å². The summed E-state index contributed by atoms with van der Waals surface area (Å²) >= 11 is 0. The van der Waals surface area contributed by atoms with Crippen molar-refractivity contribution < 1.29 is 9.53 Å². The number of hydrogen-bond acceptors (Lipinski definition) is 5. The SMILES string of the molecule is NC(=O)c1c(-c2ccc3ccc(-c4ccccc4)nc3c2)nn2c1NCC1COCC12. The van der Waals surface area contributed by atoms with Gasteiger partial charge in [-0.15, -0.1) is 0 Å². The van der Waals surface area contributed by atoms with Gasteiger partial charge in [0.2, 0.25) is 0 Å². The molecule has 0 aliphatic carbocycles. The molecule has 2 aromatic carbocycles. The molecule has 2 aliphatic heterocycles. The van der Waals surface area contributed by atoms with Crippen molar-refractivity contribution >= 4 is 22.6 Å². The minimum atomic E-state index is -0.493. The predicted octanol–water partition coefficient (Wildman–Crippen LogP) is 3.48. The maximum absolute atomic E-state index is 12.4. The lowest BCUT2D eigenvalue weighted by Gasteiger charge is -2.27. The van der Waals surface area contributed by atoms with Gasteiger partial charge in [0, 0.05) is 29.0 Å². The summed E-state index contributed by atoms with van der Waals surface area (Å²) in [4.78, 5) is 17.3. The van der Waals surface area contributed by atoms with Crippen LogP contribution in [0.4, 0.5) is 5.82 Å². The number of rotatable bonds is 3. The third-order valence-electron chi connectivity index (χ3n) is 6.20. The van der Waals surface area contributed by atoms with Gasteiger partial charge in [0.25, 0.3) is 5.91 Å². The highest BCUT2D eigenvalue weighted by Gasteiger charge is 2.38. The molecule has 7 heteroatoms. The molecule has 0 radical (unpaired) electrons. The summed E-state index contributed by atoms with van der Waals surface area (Å²) in [7, 11) is 0. The Hall–Kier alpha value is -3.71. The standard InChI is InChI=1S/C24H21N5O2/c25-23(30)21-22(28-29-20-13-31-12-17(20)11-26-24(21)29)16-7-6-15-8-9-18(27-19(15)10-16)14-4-2-1-3-5-14/h1-10,17,20,26H,11-13H2,(H2,25,30). The molecular formula is C24H21N5O2. The van der Waals surface area contributed by atoms with Crippen molar-refractivity contribution in [1.82, 2.24) is 14.8 Å². The zero-order valence-corrected chi connectivity index (χ0v) is 16.8. The Morgan fingerprint density at radius 2 is 1.90 bits per heavy atom. The molecule has 1 amide bonds. The fourth-order valence-electron chi connectivity index (χ4n) is 4.59. The molecule has 1 fully saturated rings. The van der Waals surface area contributed by atoms with Crippen molar-refractivity contribution in [3.8, 4) is 22.5 Å². The Balaban J connectivity index is 1.49. The zero-order valence-electron chi connectivity index (χ0n) is 16.8. The van der Waals surface area contributed by atoms with E-state index < -0.39 is 5.91 Å². The van der Waals surface area contributed by atoms with E-state index in [1.54, 1.807) is 0 Å². The van der Waals surface area contributed by atoms with Crippen LogP contribution in [0.15, 0.2) is 60.7 Å². The number of carbonyl (C=O) groups is 1. The Kier molecular flexibility index (Phi) is 4.04. The van der Waals surface area contributed by atoms with Crippen LogP contribution < -0.4 is 11.1 Å². The second-order valence-electron chi connectivity index (χ2n) is 8.10. The van der Waals surface area contributed by atoms with Crippen molar-refractivity contribution in [2.75, 3.05) is 25.1 Å². The summed E-state index contributed by atoms with van der Waals surface area (Å²) in [5.41, 5.74) is 10.4. The number of nitrogens with two attached hydrogens (primary N) is 1. The highest BCUT2D eigenvalue weighted by atomic mass is 16.5. The van der Waals surface area contributed by atoms with Gasteiger partial charge < -0.3 is 15.8 Å². The Morgan fingerprint density at radius 3 is 2.74 bits per heavy atom. The quantitative estimate of drug-likeness (QED) is 0.538. The highest BCUT2D eigenvalue weighted by Crippen LogP contribution is 2.39. The lowest BCUT2D eigenvalue weighted by atomic mass is 10.0. The van der Waals surface area contributed by atoms with Gasteiger partial charge in [-0.05, 0) is 12.1 Å². The molecule has 2 atom stereocenters. The van der Waals surface area contributed by atoms with E-state index in [0.717, 1.165) is 34.3 Å². The second-order valence-corrected chi connectivity index (χ2v) is 8.10. The molecular weight excluding hydrogens is 390 g/mol. The van der Waals surface area contributed by atoms with Gasteiger partial charge in [-0.3, -0.25) is 4.79 Å². The van der Waals surface area contributed by atoms with Gasteiger partial charge in [-0.2, -0.15) is 5.10 Å². The lowest BCUT2D eigenvalue weighted by Crippen LogP contribution is -2.32. The molecule has 4 aromatic rings. The van der Waals surface area contributed by atoms with Gasteiger partial charge >= 0.3 is 0 Å². The van der Waals surface area contributed by atoms with E-state index in [-0.39, 0.29) is 6.04 Å². The molecule has 0 saturated carbocycles. The number of amides is 1. The number of pyridine rings is 1. The topological polar surface area (TPSA) is 95.1 Å². The van der Waals surface area contributed by atoms with Crippen LogP contribution in [0, 0.1) is 5.92 Å². The molecule has 2 aliphatic rings. The lowest BCUT2D eigenvalue weighted by molar-refractivity contribution is 0.100. The van der Waals surface area contributed by atoms with Crippen LogP contribution >= 0.6 is 0 Å². The number of fused-ring (bicyclic) bond motifs is 4. The van der Waals surface area contributed by atoms with Crippen molar-refractivity contribution in [3.05, 3.63) is 66.2 Å². The molecule has 0 spiro atoms. The fourth-order valence-corrected chi connectivity index (χ4v) is 4.59. The minimum absolute atomic E-state index is 0.117. The molecule has 1 saturated heterocycles. The van der Waals surface area contributed by atoms with Crippen LogP contribution in [0.2, 0.25) is 0 Å². The average Bonchev–Trinajstić information content (AvgIpc) is 3.43. The Bertz CT molecular complexity index is 1310. The van der Waals surface area contributed by atoms with E-state index in [2.05, 4.69) is 11.4 Å². The second kappa shape index (κ2) is 6.92. The third kappa shape index (κ3) is 2.89. The summed E-state index contributed by atoms with van der Waals surface area (Å²) in [5.74, 6) is 0.528. The van der Waals surface area contributed by atoms with Gasteiger partial charge in [0.15, 0.2) is 0 Å². The number of ether oxygens (including phenoxy) is 1. The van der Waals surface area contributed by atoms with Crippen molar-refractivity contribution in [2.45, 2.75) is 6.04 Å². The van der Waals surface area contributed by atoms with Crippen LogP contribution in [-0.2, 0) is 4.74 Å². The fraction of sp³-hybridized carbons (Fsp3) is 0.208. The van der Waals surface area contributed by atoms with Gasteiger partial charge in [-0.1, -0.05) is 48.5 Å². The van der Waals surface area contributed by atoms with E-state index in [1.807, 2.05) is 59.3 Å². The first-order chi connectivity index (χ1) is 15.2. The summed E-state index contributed by atoms with van der Waals surface area (Å²) < 4.78 is 7.53. The normalized spacial score (nSPS) is 19.6. The maximum Gasteiger partial charge on any atom is 0.254 e. The van der Waals surface area contributed by atoms with Crippen LogP contribution in [0.3, 0.4) is 0 Å². The molecule has 154 valence electrons. The summed E-state index contributed by atoms with van der Waals surface area (Å²) in [6, 6.07) is 20.2. The summed E-state index contributed by atoms with van der Waals surface area (Å²) in [6.45, 7) is 2.04. The van der Waals surface area contributed by atoms with Crippen LogP contribution in [-0.4, -0.2) is 40.4 Å². The Labute approximate surface area is 178 Å². The summed E-state index contributed by atoms with van der Waals surface area (Å²) in [6.07, 6.45) is 0. The third-order valence-corrected chi connectivity index (χ3v) is 6.20. The summed E-state index contributed by atoms with van der Waals surface area (Å²) in [5, 5.41) is 9.19. The van der Waals surface area contributed by atoms with E-state index >= 15 is 0 Å². The van der Waals surface area contributed by atoms with Crippen LogP contribution in [0.25, 0.3) is 33.4 Å². The van der Waals surface area contributed by atoms with E-state index in [9.17, 15) is 4.79 Å². The molecule has 2 aromatic heterocycles. The molecule has 6 rings (SSSR count). The van der Waals surface area contributed by atoms with Gasteiger partial charge in [-0.25, -0.2) is 9.67 Å². The van der Waals surface area contributed by atoms with Crippen LogP contribution in [0.5, 0.6) is 0 Å². The number of nitrogens with one attached hydrogen (secondary N) is 1. The maximum atomic E-state index is 12.4. The number of hydrogen-bond donors (Lipinski definition) is 2. The van der Waals surface area contributed by atoms with Crippen molar-refractivity contribution in [3.63, 3.8) is 0 Å². The van der Waals surface area contributed by atoms with Gasteiger partial charge in [0.1, 0.15) is 17.1 Å². The smallest absolute Gasteiger partial charge is 0.254 e. The van der Waals surface area contributed by atoms with Gasteiger partial charge in [0.05, 0.1) is 30.5 Å². The first-order valence-electron chi connectivity index (χ1n) is 10.4. The zero-order chi connectivity index (χ0) is 20.9. The Morgan fingerprint density at radius 1 is 1.06 bits per heavy atom. The minimum Gasteiger partial charge on any atom is -0.379 e. The first-order valence-corrected chi connectivity index (χ1v) is 10.4. The monoisotopic (exact) mass is 411 g/mol. The van der Waals surface area contributed by atoms with Crippen LogP contribution in [0.1, 0.15) is 16.4 Å². The highest BCUT2D eigenvalue weighted by molar-refractivity contribution is 6.04. The molecule has 2 unspecified atom stereocenters. The molecule has 7 nitrogen and oxygen atoms in total. The largest absolute Gasteiger partial charge is 0.379 e. The number of primary amides is 1. The molecule has 3 N–H and O–H groups in total. The number of aromatic nitrogens is 3. The number of anilines is 1. The predicted molar refractivity (Wildman–Crippen MR) is 119 cm³/mol. The van der Waals surface area contributed by atoms with E-state index in [1.165, 1.54) is 0 Å². The first kappa shape index (κ1) is 18.1. The average molecular weight is 411 g/mol. The number of carbonyl (C=O) groups excluding carboxylic acids is 1. The van der Waals surface area contributed by atoms with E-state index in [4.69, 9.17) is 20.6 Å². The van der Waals surface area contributed by atoms with Crippen molar-refractivity contribution in [2.24, 2.45) is 11.7 Å². The number of benzene rings is 2. The molecule has 0 bridgehead atoms. The number of nitrogens with zero attached hydrogens (tertiary/aromatic N) is 3.